The Balaban J connectivity index is 2.53. The van der Waals surface area contributed by atoms with Crippen LogP contribution >= 0.6 is 0 Å². The lowest BCUT2D eigenvalue weighted by atomic mass is 10.0. The zero-order chi connectivity index (χ0) is 11.5. The number of aryl methyl sites for hydroxylation is 2. The van der Waals surface area contributed by atoms with Crippen LogP contribution in [-0.4, -0.2) is 23.4 Å². The number of benzene rings is 1. The molecule has 1 heterocycles. The third kappa shape index (κ3) is 1.78. The summed E-state index contributed by atoms with van der Waals surface area (Å²) in [6, 6.07) is 6.18. The lowest BCUT2D eigenvalue weighted by Crippen LogP contribution is -1.94. The van der Waals surface area contributed by atoms with Crippen molar-refractivity contribution in [3.05, 3.63) is 30.0 Å². The fourth-order valence-corrected chi connectivity index (χ4v) is 2.09. The third-order valence-electron chi connectivity index (χ3n) is 2.91. The molecule has 0 atom stereocenters. The van der Waals surface area contributed by atoms with Crippen molar-refractivity contribution < 1.29 is 9.84 Å². The number of aliphatic hydroxyl groups excluding tert-OH is 1. The summed E-state index contributed by atoms with van der Waals surface area (Å²) in [5, 5.41) is 10.1. The minimum absolute atomic E-state index is 0.236. The molecule has 0 aliphatic heterocycles. The van der Waals surface area contributed by atoms with Gasteiger partial charge in [-0.25, -0.2) is 0 Å². The lowest BCUT2D eigenvalue weighted by Gasteiger charge is -2.08. The van der Waals surface area contributed by atoms with E-state index in [0.29, 0.717) is 0 Å². The second kappa shape index (κ2) is 4.58. The predicted molar refractivity (Wildman–Crippen MR) is 64.9 cm³/mol. The van der Waals surface area contributed by atoms with Crippen LogP contribution in [0.1, 0.15) is 12.0 Å². The average Bonchev–Trinajstić information content (AvgIpc) is 2.69. The number of hydrogen-bond acceptors (Lipinski definition) is 2. The molecule has 3 heteroatoms. The summed E-state index contributed by atoms with van der Waals surface area (Å²) in [5.74, 6) is 0.898. The highest BCUT2D eigenvalue weighted by atomic mass is 16.5. The van der Waals surface area contributed by atoms with Crippen LogP contribution in [0.3, 0.4) is 0 Å². The van der Waals surface area contributed by atoms with Gasteiger partial charge < -0.3 is 14.4 Å². The highest BCUT2D eigenvalue weighted by Gasteiger charge is 2.09. The molecule has 0 fully saturated rings. The number of aromatic nitrogens is 1. The maximum Gasteiger partial charge on any atom is 0.143 e. The molecule has 2 rings (SSSR count). The Morgan fingerprint density at radius 3 is 2.81 bits per heavy atom. The lowest BCUT2D eigenvalue weighted by molar-refractivity contribution is 0.289. The Labute approximate surface area is 95.3 Å². The molecular formula is C13H17NO2. The van der Waals surface area contributed by atoms with Crippen LogP contribution in [0, 0.1) is 0 Å². The minimum atomic E-state index is 0.236. The van der Waals surface area contributed by atoms with Crippen molar-refractivity contribution in [3.63, 3.8) is 0 Å². The van der Waals surface area contributed by atoms with Crippen LogP contribution in [0.2, 0.25) is 0 Å². The topological polar surface area (TPSA) is 34.4 Å². The fraction of sp³-hybridized carbons (Fsp3) is 0.385. The van der Waals surface area contributed by atoms with Gasteiger partial charge in [0.05, 0.1) is 12.6 Å². The number of aliphatic hydroxyl groups is 1. The summed E-state index contributed by atoms with van der Waals surface area (Å²) in [7, 11) is 3.70. The summed E-state index contributed by atoms with van der Waals surface area (Å²) in [5.41, 5.74) is 2.39. The molecule has 0 amide bonds. The third-order valence-corrected chi connectivity index (χ3v) is 2.91. The molecule has 0 saturated carbocycles. The molecule has 0 spiro atoms. The van der Waals surface area contributed by atoms with Gasteiger partial charge >= 0.3 is 0 Å². The van der Waals surface area contributed by atoms with E-state index in [1.807, 2.05) is 19.3 Å². The van der Waals surface area contributed by atoms with E-state index >= 15 is 0 Å². The fourth-order valence-electron chi connectivity index (χ4n) is 2.09. The molecule has 16 heavy (non-hydrogen) atoms. The summed E-state index contributed by atoms with van der Waals surface area (Å²) in [6.07, 6.45) is 3.74. The van der Waals surface area contributed by atoms with Gasteiger partial charge in [0.25, 0.3) is 0 Å². The van der Waals surface area contributed by atoms with E-state index in [1.165, 1.54) is 10.9 Å². The van der Waals surface area contributed by atoms with Gasteiger partial charge in [-0.2, -0.15) is 0 Å². The normalized spacial score (nSPS) is 10.9. The van der Waals surface area contributed by atoms with E-state index in [1.54, 1.807) is 7.11 Å². The first-order chi connectivity index (χ1) is 7.77. The average molecular weight is 219 g/mol. The maximum absolute atomic E-state index is 8.88. The predicted octanol–water partition coefficient (Wildman–Crippen LogP) is 2.11. The Hall–Kier alpha value is -1.48. The second-order valence-electron chi connectivity index (χ2n) is 3.94. The van der Waals surface area contributed by atoms with Crippen molar-refractivity contribution in [2.45, 2.75) is 12.8 Å². The zero-order valence-corrected chi connectivity index (χ0v) is 9.73. The molecule has 0 bridgehead atoms. The molecule has 3 nitrogen and oxygen atoms in total. The molecule has 0 unspecified atom stereocenters. The minimum Gasteiger partial charge on any atom is -0.495 e. The van der Waals surface area contributed by atoms with Gasteiger partial charge in [0, 0.05) is 25.2 Å². The molecule has 0 radical (unpaired) electrons. The SMILES string of the molecule is COc1ccc(CCCO)c2ccn(C)c12. The van der Waals surface area contributed by atoms with Crippen LogP contribution in [0.5, 0.6) is 5.75 Å². The largest absolute Gasteiger partial charge is 0.495 e. The van der Waals surface area contributed by atoms with Gasteiger partial charge in [-0.15, -0.1) is 0 Å². The Bertz CT molecular complexity index is 488. The standard InChI is InChI=1S/C13H17NO2/c1-14-8-7-11-10(4-3-9-15)5-6-12(16-2)13(11)14/h5-8,15H,3-4,9H2,1-2H3. The van der Waals surface area contributed by atoms with Gasteiger partial charge in [0.15, 0.2) is 0 Å². The van der Waals surface area contributed by atoms with Gasteiger partial charge in [-0.3, -0.25) is 0 Å². The van der Waals surface area contributed by atoms with Crippen LogP contribution in [0.15, 0.2) is 24.4 Å². The Morgan fingerprint density at radius 2 is 2.12 bits per heavy atom. The highest BCUT2D eigenvalue weighted by Crippen LogP contribution is 2.29. The molecule has 1 aromatic carbocycles. The highest BCUT2D eigenvalue weighted by molar-refractivity contribution is 5.89. The molecule has 0 aliphatic rings. The van der Waals surface area contributed by atoms with E-state index in [9.17, 15) is 0 Å². The number of fused-ring (bicyclic) bond motifs is 1. The van der Waals surface area contributed by atoms with E-state index in [2.05, 4.69) is 16.7 Å². The molecule has 1 aromatic heterocycles. The van der Waals surface area contributed by atoms with E-state index in [-0.39, 0.29) is 6.61 Å². The van der Waals surface area contributed by atoms with Crippen molar-refractivity contribution in [2.24, 2.45) is 7.05 Å². The van der Waals surface area contributed by atoms with Gasteiger partial charge in [0.2, 0.25) is 0 Å². The van der Waals surface area contributed by atoms with Crippen molar-refractivity contribution in [1.29, 1.82) is 0 Å². The van der Waals surface area contributed by atoms with E-state index < -0.39 is 0 Å². The van der Waals surface area contributed by atoms with Crippen LogP contribution in [0.25, 0.3) is 10.9 Å². The molecule has 1 N–H and O–H groups in total. The molecule has 2 aromatic rings. The molecule has 0 aliphatic carbocycles. The summed E-state index contributed by atoms with van der Waals surface area (Å²) in [4.78, 5) is 0. The first kappa shape index (κ1) is 11.0. The van der Waals surface area contributed by atoms with Gasteiger partial charge in [-0.05, 0) is 30.5 Å². The molecule has 0 saturated heterocycles. The Kier molecular flexibility index (Phi) is 3.15. The molecule has 86 valence electrons. The van der Waals surface area contributed by atoms with Crippen LogP contribution in [-0.2, 0) is 13.5 Å². The van der Waals surface area contributed by atoms with Crippen LogP contribution < -0.4 is 4.74 Å². The quantitative estimate of drug-likeness (QED) is 0.854. The van der Waals surface area contributed by atoms with E-state index in [4.69, 9.17) is 9.84 Å². The number of nitrogens with zero attached hydrogens (tertiary/aromatic N) is 1. The number of hydrogen-bond donors (Lipinski definition) is 1. The Morgan fingerprint density at radius 1 is 1.31 bits per heavy atom. The monoisotopic (exact) mass is 219 g/mol. The smallest absolute Gasteiger partial charge is 0.143 e. The summed E-state index contributed by atoms with van der Waals surface area (Å²) in [6.45, 7) is 0.236. The van der Waals surface area contributed by atoms with Crippen molar-refractivity contribution in [1.82, 2.24) is 4.57 Å². The number of methoxy groups -OCH3 is 1. The maximum atomic E-state index is 8.88. The second-order valence-corrected chi connectivity index (χ2v) is 3.94. The van der Waals surface area contributed by atoms with Crippen molar-refractivity contribution in [3.8, 4) is 5.75 Å². The van der Waals surface area contributed by atoms with Gasteiger partial charge in [0.1, 0.15) is 5.75 Å². The van der Waals surface area contributed by atoms with Crippen LogP contribution in [0.4, 0.5) is 0 Å². The first-order valence-electron chi connectivity index (χ1n) is 5.49. The summed E-state index contributed by atoms with van der Waals surface area (Å²) < 4.78 is 7.42. The van der Waals surface area contributed by atoms with E-state index in [0.717, 1.165) is 24.1 Å². The van der Waals surface area contributed by atoms with Crippen molar-refractivity contribution in [2.75, 3.05) is 13.7 Å². The summed E-state index contributed by atoms with van der Waals surface area (Å²) >= 11 is 0. The molecular weight excluding hydrogens is 202 g/mol. The van der Waals surface area contributed by atoms with Gasteiger partial charge in [-0.1, -0.05) is 6.07 Å². The zero-order valence-electron chi connectivity index (χ0n) is 9.73. The van der Waals surface area contributed by atoms with Crippen molar-refractivity contribution >= 4 is 10.9 Å². The first-order valence-corrected chi connectivity index (χ1v) is 5.49. The number of rotatable bonds is 4. The number of ether oxygens (including phenoxy) is 1.